The molecule has 28 heavy (non-hydrogen) atoms. The number of rotatable bonds is 6. The standard InChI is InChI=1S/C23H28N2O2S/c1-16(2)23(5)15-21(22(23)19-9-7-6-8-10-19)18(4)24-25-28(26,27)20-13-11-17(3)12-14-20/h6-14,21-22,25H,1,15H2,2-5H3/b24-18+/t21-,22-,23+/m0/s1. The van der Waals surface area contributed by atoms with E-state index in [-0.39, 0.29) is 22.1 Å². The maximum atomic E-state index is 12.5. The van der Waals surface area contributed by atoms with Crippen LogP contribution in [0.3, 0.4) is 0 Å². The number of sulfonamides is 1. The van der Waals surface area contributed by atoms with E-state index in [2.05, 4.69) is 42.5 Å². The Kier molecular flexibility index (Phi) is 5.48. The summed E-state index contributed by atoms with van der Waals surface area (Å²) in [6.45, 7) is 12.3. The molecule has 1 aliphatic rings. The van der Waals surface area contributed by atoms with Gasteiger partial charge in [0.1, 0.15) is 0 Å². The van der Waals surface area contributed by atoms with Crippen molar-refractivity contribution in [2.24, 2.45) is 16.4 Å². The van der Waals surface area contributed by atoms with Crippen LogP contribution in [0.25, 0.3) is 0 Å². The predicted molar refractivity (Wildman–Crippen MR) is 115 cm³/mol. The van der Waals surface area contributed by atoms with E-state index < -0.39 is 10.0 Å². The molecule has 0 radical (unpaired) electrons. The van der Waals surface area contributed by atoms with E-state index in [9.17, 15) is 8.42 Å². The lowest BCUT2D eigenvalue weighted by Crippen LogP contribution is -2.48. The van der Waals surface area contributed by atoms with E-state index in [1.165, 1.54) is 5.56 Å². The zero-order valence-electron chi connectivity index (χ0n) is 16.9. The van der Waals surface area contributed by atoms with Gasteiger partial charge in [0.2, 0.25) is 0 Å². The van der Waals surface area contributed by atoms with Gasteiger partial charge in [0.05, 0.1) is 4.90 Å². The Hall–Kier alpha value is -2.40. The van der Waals surface area contributed by atoms with E-state index >= 15 is 0 Å². The lowest BCUT2D eigenvalue weighted by molar-refractivity contribution is 0.115. The van der Waals surface area contributed by atoms with Gasteiger partial charge in [-0.25, -0.2) is 4.83 Å². The average Bonchev–Trinajstić information content (AvgIpc) is 2.65. The quantitative estimate of drug-likeness (QED) is 0.423. The molecule has 2 aromatic carbocycles. The van der Waals surface area contributed by atoms with E-state index in [4.69, 9.17) is 0 Å². The minimum absolute atomic E-state index is 0.0152. The highest BCUT2D eigenvalue weighted by atomic mass is 32.2. The van der Waals surface area contributed by atoms with Crippen molar-refractivity contribution in [3.05, 3.63) is 77.9 Å². The maximum absolute atomic E-state index is 12.5. The van der Waals surface area contributed by atoms with Gasteiger partial charge in [-0.15, -0.1) is 0 Å². The number of hydrogen-bond donors (Lipinski definition) is 1. The summed E-state index contributed by atoms with van der Waals surface area (Å²) in [6.07, 6.45) is 0.906. The minimum atomic E-state index is -3.67. The number of hydrazone groups is 1. The first-order chi connectivity index (χ1) is 13.1. The molecule has 0 aliphatic heterocycles. The normalized spacial score (nSPS) is 25.1. The molecule has 1 saturated carbocycles. The van der Waals surface area contributed by atoms with Gasteiger partial charge < -0.3 is 0 Å². The molecule has 2 aromatic rings. The first kappa shape index (κ1) is 20.3. The van der Waals surface area contributed by atoms with E-state index in [1.807, 2.05) is 32.0 Å². The summed E-state index contributed by atoms with van der Waals surface area (Å²) in [7, 11) is -3.67. The van der Waals surface area contributed by atoms with Crippen LogP contribution in [0.4, 0.5) is 0 Å². The zero-order valence-corrected chi connectivity index (χ0v) is 17.8. The van der Waals surface area contributed by atoms with Crippen LogP contribution in [0.5, 0.6) is 0 Å². The van der Waals surface area contributed by atoms with Crippen molar-refractivity contribution < 1.29 is 8.42 Å². The molecular formula is C23H28N2O2S. The molecule has 148 valence electrons. The summed E-state index contributed by atoms with van der Waals surface area (Å²) in [4.78, 5) is 2.63. The monoisotopic (exact) mass is 396 g/mol. The highest BCUT2D eigenvalue weighted by Crippen LogP contribution is 2.60. The van der Waals surface area contributed by atoms with Crippen LogP contribution in [0.2, 0.25) is 0 Å². The Labute approximate surface area is 168 Å². The highest BCUT2D eigenvalue weighted by molar-refractivity contribution is 7.89. The molecule has 3 atom stereocenters. The topological polar surface area (TPSA) is 58.5 Å². The summed E-state index contributed by atoms with van der Waals surface area (Å²) < 4.78 is 25.1. The van der Waals surface area contributed by atoms with Crippen LogP contribution >= 0.6 is 0 Å². The molecule has 1 aliphatic carbocycles. The fraction of sp³-hybridized carbons (Fsp3) is 0.348. The lowest BCUT2D eigenvalue weighted by Gasteiger charge is -2.54. The predicted octanol–water partition coefficient (Wildman–Crippen LogP) is 5.04. The van der Waals surface area contributed by atoms with Gasteiger partial charge in [-0.2, -0.15) is 13.5 Å². The Balaban J connectivity index is 1.84. The zero-order chi connectivity index (χ0) is 20.5. The molecule has 0 bridgehead atoms. The van der Waals surface area contributed by atoms with Crippen molar-refractivity contribution in [2.45, 2.75) is 44.9 Å². The molecule has 0 amide bonds. The van der Waals surface area contributed by atoms with E-state index in [0.29, 0.717) is 0 Å². The molecule has 0 unspecified atom stereocenters. The van der Waals surface area contributed by atoms with Crippen LogP contribution in [0.1, 0.15) is 44.2 Å². The van der Waals surface area contributed by atoms with E-state index in [1.54, 1.807) is 24.3 Å². The minimum Gasteiger partial charge on any atom is -0.200 e. The third kappa shape index (κ3) is 3.76. The third-order valence-corrected chi connectivity index (χ3v) is 7.30. The Morgan fingerprint density at radius 1 is 1.11 bits per heavy atom. The summed E-state index contributed by atoms with van der Waals surface area (Å²) in [5.41, 5.74) is 4.17. The van der Waals surface area contributed by atoms with Crippen LogP contribution in [0, 0.1) is 18.3 Å². The number of nitrogens with zero attached hydrogens (tertiary/aromatic N) is 1. The second-order valence-electron chi connectivity index (χ2n) is 8.06. The van der Waals surface area contributed by atoms with Crippen molar-refractivity contribution in [1.29, 1.82) is 0 Å². The first-order valence-corrected chi connectivity index (χ1v) is 11.0. The molecule has 0 saturated heterocycles. The van der Waals surface area contributed by atoms with Gasteiger partial charge in [-0.1, -0.05) is 67.1 Å². The third-order valence-electron chi connectivity index (χ3n) is 6.08. The van der Waals surface area contributed by atoms with Gasteiger partial charge in [0, 0.05) is 17.5 Å². The van der Waals surface area contributed by atoms with Gasteiger partial charge in [-0.3, -0.25) is 0 Å². The second-order valence-corrected chi connectivity index (χ2v) is 9.72. The van der Waals surface area contributed by atoms with Crippen LogP contribution in [-0.2, 0) is 10.0 Å². The Morgan fingerprint density at radius 2 is 1.71 bits per heavy atom. The number of benzene rings is 2. The second kappa shape index (κ2) is 7.55. The molecule has 3 rings (SSSR count). The van der Waals surface area contributed by atoms with Crippen molar-refractivity contribution in [2.75, 3.05) is 0 Å². The number of allylic oxidation sites excluding steroid dienone is 1. The van der Waals surface area contributed by atoms with Crippen LogP contribution in [-0.4, -0.2) is 14.1 Å². The fourth-order valence-corrected chi connectivity index (χ4v) is 4.92. The molecule has 0 aromatic heterocycles. The maximum Gasteiger partial charge on any atom is 0.276 e. The first-order valence-electron chi connectivity index (χ1n) is 9.49. The fourth-order valence-electron chi connectivity index (χ4n) is 4.06. The number of aryl methyl sites for hydroxylation is 1. The molecule has 0 heterocycles. The average molecular weight is 397 g/mol. The molecular weight excluding hydrogens is 368 g/mol. The molecule has 5 heteroatoms. The summed E-state index contributed by atoms with van der Waals surface area (Å²) in [6, 6.07) is 17.1. The SMILES string of the molecule is C=C(C)[C@@]1(C)C[C@@H](/C(C)=N/NS(=O)(=O)c2ccc(C)cc2)[C@@H]1c1ccccc1. The smallest absolute Gasteiger partial charge is 0.200 e. The molecule has 1 N–H and O–H groups in total. The van der Waals surface area contributed by atoms with Crippen molar-refractivity contribution in [1.82, 2.24) is 4.83 Å². The molecule has 1 fully saturated rings. The lowest BCUT2D eigenvalue weighted by atomic mass is 9.49. The van der Waals surface area contributed by atoms with Crippen molar-refractivity contribution in [3.63, 3.8) is 0 Å². The summed E-state index contributed by atoms with van der Waals surface area (Å²) >= 11 is 0. The van der Waals surface area contributed by atoms with Gasteiger partial charge in [-0.05, 0) is 50.3 Å². The van der Waals surface area contributed by atoms with Gasteiger partial charge >= 0.3 is 0 Å². The van der Waals surface area contributed by atoms with E-state index in [0.717, 1.165) is 23.3 Å². The van der Waals surface area contributed by atoms with Crippen molar-refractivity contribution >= 4 is 15.7 Å². The van der Waals surface area contributed by atoms with Gasteiger partial charge in [0.15, 0.2) is 0 Å². The largest absolute Gasteiger partial charge is 0.276 e. The number of hydrogen-bond acceptors (Lipinski definition) is 3. The Morgan fingerprint density at radius 3 is 2.29 bits per heavy atom. The highest BCUT2D eigenvalue weighted by Gasteiger charge is 2.52. The van der Waals surface area contributed by atoms with Crippen LogP contribution in [0.15, 0.2) is 76.7 Å². The van der Waals surface area contributed by atoms with Crippen LogP contribution < -0.4 is 4.83 Å². The number of nitrogens with one attached hydrogen (secondary N) is 1. The van der Waals surface area contributed by atoms with Crippen molar-refractivity contribution in [3.8, 4) is 0 Å². The summed E-state index contributed by atoms with van der Waals surface area (Å²) in [5, 5.41) is 4.27. The Bertz CT molecular complexity index is 995. The van der Waals surface area contributed by atoms with Gasteiger partial charge in [0.25, 0.3) is 10.0 Å². The summed E-state index contributed by atoms with van der Waals surface area (Å²) in [5.74, 6) is 0.406. The molecule has 4 nitrogen and oxygen atoms in total. The molecule has 0 spiro atoms.